The van der Waals surface area contributed by atoms with E-state index in [0.29, 0.717) is 25.5 Å². The summed E-state index contributed by atoms with van der Waals surface area (Å²) in [6, 6.07) is 6.65. The number of sulfonamides is 1. The Kier molecular flexibility index (Phi) is 6.65. The maximum Gasteiger partial charge on any atom is 0.406 e. The van der Waals surface area contributed by atoms with Gasteiger partial charge in [-0.15, -0.1) is 0 Å². The van der Waals surface area contributed by atoms with E-state index in [2.05, 4.69) is 9.71 Å². The van der Waals surface area contributed by atoms with Crippen LogP contribution in [0.5, 0.6) is 0 Å². The van der Waals surface area contributed by atoms with E-state index < -0.39 is 22.7 Å². The molecule has 0 amide bonds. The normalized spacial score (nSPS) is 18.8. The highest BCUT2D eigenvalue weighted by Gasteiger charge is 2.29. The van der Waals surface area contributed by atoms with Gasteiger partial charge in [0.15, 0.2) is 0 Å². The molecule has 2 aromatic rings. The lowest BCUT2D eigenvalue weighted by molar-refractivity contribution is -0.141. The Morgan fingerprint density at radius 3 is 2.66 bits per heavy atom. The third-order valence-corrected chi connectivity index (χ3v) is 6.45. The number of rotatable bonds is 7. The number of aryl methyl sites for hydroxylation is 1. The summed E-state index contributed by atoms with van der Waals surface area (Å²) >= 11 is 0. The highest BCUT2D eigenvalue weighted by molar-refractivity contribution is 7.89. The van der Waals surface area contributed by atoms with Crippen molar-refractivity contribution in [2.75, 3.05) is 19.6 Å². The summed E-state index contributed by atoms with van der Waals surface area (Å²) < 4.78 is 66.7. The average molecular weight is 430 g/mol. The number of halogens is 3. The zero-order valence-corrected chi connectivity index (χ0v) is 17.0. The first-order valence-corrected chi connectivity index (χ1v) is 11.0. The largest absolute Gasteiger partial charge is 0.406 e. The first-order chi connectivity index (χ1) is 13.6. The summed E-state index contributed by atoms with van der Waals surface area (Å²) in [5.41, 5.74) is 0.982. The van der Waals surface area contributed by atoms with Gasteiger partial charge in [0.25, 0.3) is 0 Å². The van der Waals surface area contributed by atoms with E-state index in [0.717, 1.165) is 29.5 Å². The molecular formula is C19H25F3N4O2S. The molecule has 0 bridgehead atoms. The highest BCUT2D eigenvalue weighted by Crippen LogP contribution is 2.21. The molecule has 1 N–H and O–H groups in total. The molecule has 1 atom stereocenters. The van der Waals surface area contributed by atoms with Gasteiger partial charge in [-0.2, -0.15) is 13.2 Å². The molecule has 1 saturated heterocycles. The summed E-state index contributed by atoms with van der Waals surface area (Å²) in [4.78, 5) is 6.32. The van der Waals surface area contributed by atoms with Gasteiger partial charge >= 0.3 is 6.18 Å². The van der Waals surface area contributed by atoms with Crippen LogP contribution >= 0.6 is 0 Å². The lowest BCUT2D eigenvalue weighted by Crippen LogP contribution is -2.41. The van der Waals surface area contributed by atoms with E-state index >= 15 is 0 Å². The quantitative estimate of drug-likeness (QED) is 0.734. The predicted molar refractivity (Wildman–Crippen MR) is 103 cm³/mol. The number of nitrogens with one attached hydrogen (secondary N) is 1. The number of imidazole rings is 1. The van der Waals surface area contributed by atoms with Crippen LogP contribution in [0.2, 0.25) is 0 Å². The third kappa shape index (κ3) is 6.28. The van der Waals surface area contributed by atoms with Crippen molar-refractivity contribution in [1.29, 1.82) is 0 Å². The summed E-state index contributed by atoms with van der Waals surface area (Å²) in [6.45, 7) is 2.79. The molecule has 0 radical (unpaired) electrons. The molecule has 0 spiro atoms. The van der Waals surface area contributed by atoms with Crippen molar-refractivity contribution in [3.63, 3.8) is 0 Å². The zero-order valence-electron chi connectivity index (χ0n) is 16.2. The van der Waals surface area contributed by atoms with Crippen LogP contribution in [0.1, 0.15) is 24.2 Å². The molecule has 1 aromatic carbocycles. The Labute approximate surface area is 168 Å². The number of hydrogen-bond acceptors (Lipinski definition) is 4. The smallest absolute Gasteiger partial charge is 0.325 e. The molecule has 10 heteroatoms. The summed E-state index contributed by atoms with van der Waals surface area (Å²) in [6.07, 6.45) is 0.132. The summed E-state index contributed by atoms with van der Waals surface area (Å²) in [5, 5.41) is 0. The van der Waals surface area contributed by atoms with Crippen molar-refractivity contribution in [2.45, 2.75) is 43.9 Å². The molecule has 1 aliphatic rings. The van der Waals surface area contributed by atoms with Crippen molar-refractivity contribution >= 4 is 10.0 Å². The summed E-state index contributed by atoms with van der Waals surface area (Å²) in [7, 11) is -3.58. The Bertz CT molecular complexity index is 910. The first-order valence-electron chi connectivity index (χ1n) is 9.48. The van der Waals surface area contributed by atoms with Gasteiger partial charge in [-0.3, -0.25) is 4.90 Å². The summed E-state index contributed by atoms with van der Waals surface area (Å²) in [5.74, 6) is 0.457. The van der Waals surface area contributed by atoms with Gasteiger partial charge in [0.2, 0.25) is 10.0 Å². The lowest BCUT2D eigenvalue weighted by atomic mass is 9.98. The van der Waals surface area contributed by atoms with Crippen LogP contribution in [0.4, 0.5) is 13.2 Å². The van der Waals surface area contributed by atoms with E-state index in [9.17, 15) is 21.6 Å². The van der Waals surface area contributed by atoms with Crippen molar-refractivity contribution in [3.8, 4) is 0 Å². The first kappa shape index (κ1) is 21.8. The molecular weight excluding hydrogens is 405 g/mol. The van der Waals surface area contributed by atoms with Gasteiger partial charge in [0.1, 0.15) is 12.4 Å². The number of nitrogens with zero attached hydrogens (tertiary/aromatic N) is 3. The molecule has 1 unspecified atom stereocenters. The number of piperidine rings is 1. The van der Waals surface area contributed by atoms with Crippen molar-refractivity contribution in [3.05, 3.63) is 48.0 Å². The second kappa shape index (κ2) is 8.85. The number of likely N-dealkylation sites (tertiary alicyclic amines) is 1. The second-order valence-corrected chi connectivity index (χ2v) is 9.26. The lowest BCUT2D eigenvalue weighted by Gasteiger charge is -2.32. The Hall–Kier alpha value is -1.91. The van der Waals surface area contributed by atoms with Gasteiger partial charge < -0.3 is 4.57 Å². The number of aromatic nitrogens is 2. The van der Waals surface area contributed by atoms with E-state index in [1.54, 1.807) is 24.3 Å². The molecule has 1 fully saturated rings. The van der Waals surface area contributed by atoms with Gasteiger partial charge in [0.05, 0.1) is 11.4 Å². The monoisotopic (exact) mass is 430 g/mol. The number of alkyl halides is 3. The minimum absolute atomic E-state index is 0.0926. The molecule has 0 aliphatic carbocycles. The van der Waals surface area contributed by atoms with Crippen LogP contribution < -0.4 is 4.72 Å². The fraction of sp³-hybridized carbons (Fsp3) is 0.526. The average Bonchev–Trinajstić information content (AvgIpc) is 3.06. The number of benzene rings is 1. The van der Waals surface area contributed by atoms with E-state index in [1.165, 1.54) is 12.4 Å². The van der Waals surface area contributed by atoms with Gasteiger partial charge in [-0.25, -0.2) is 18.1 Å². The standard InChI is InChI=1S/C19H25F3N4O2S/c1-15-4-6-17(7-5-15)29(27,28)24-11-16-3-2-9-25(12-16)13-18-23-8-10-26(18)14-19(20,21)22/h4-8,10,16,24H,2-3,9,11-14H2,1H3. The Morgan fingerprint density at radius 1 is 1.24 bits per heavy atom. The van der Waals surface area contributed by atoms with Gasteiger partial charge in [-0.05, 0) is 44.4 Å². The molecule has 2 heterocycles. The maximum atomic E-state index is 12.7. The zero-order chi connectivity index (χ0) is 21.1. The van der Waals surface area contributed by atoms with Crippen molar-refractivity contribution in [2.24, 2.45) is 5.92 Å². The molecule has 0 saturated carbocycles. The second-order valence-electron chi connectivity index (χ2n) is 7.49. The van der Waals surface area contributed by atoms with Crippen molar-refractivity contribution in [1.82, 2.24) is 19.2 Å². The fourth-order valence-electron chi connectivity index (χ4n) is 3.52. The topological polar surface area (TPSA) is 67.2 Å². The molecule has 29 heavy (non-hydrogen) atoms. The Balaban J connectivity index is 1.56. The maximum absolute atomic E-state index is 12.7. The fourth-order valence-corrected chi connectivity index (χ4v) is 4.63. The number of hydrogen-bond donors (Lipinski definition) is 1. The molecule has 1 aliphatic heterocycles. The SMILES string of the molecule is Cc1ccc(S(=O)(=O)NCC2CCCN(Cc3nccn3CC(F)(F)F)C2)cc1. The van der Waals surface area contributed by atoms with E-state index in [1.807, 2.05) is 11.8 Å². The highest BCUT2D eigenvalue weighted by atomic mass is 32.2. The third-order valence-electron chi connectivity index (χ3n) is 5.01. The van der Waals surface area contributed by atoms with Crippen LogP contribution in [-0.4, -0.2) is 48.7 Å². The molecule has 160 valence electrons. The van der Waals surface area contributed by atoms with Crippen LogP contribution in [0.3, 0.4) is 0 Å². The minimum Gasteiger partial charge on any atom is -0.325 e. The minimum atomic E-state index is -4.30. The molecule has 3 rings (SSSR count). The van der Waals surface area contributed by atoms with Crippen LogP contribution in [-0.2, 0) is 23.1 Å². The molecule has 1 aromatic heterocycles. The van der Waals surface area contributed by atoms with Crippen LogP contribution in [0.15, 0.2) is 41.6 Å². The Morgan fingerprint density at radius 2 is 1.97 bits per heavy atom. The van der Waals surface area contributed by atoms with Crippen LogP contribution in [0, 0.1) is 12.8 Å². The van der Waals surface area contributed by atoms with Crippen LogP contribution in [0.25, 0.3) is 0 Å². The van der Waals surface area contributed by atoms with Crippen molar-refractivity contribution < 1.29 is 21.6 Å². The van der Waals surface area contributed by atoms with Gasteiger partial charge in [0, 0.05) is 25.5 Å². The predicted octanol–water partition coefficient (Wildman–Crippen LogP) is 2.94. The molecule has 6 nitrogen and oxygen atoms in total. The van der Waals surface area contributed by atoms with E-state index in [-0.39, 0.29) is 10.8 Å². The van der Waals surface area contributed by atoms with Gasteiger partial charge in [-0.1, -0.05) is 17.7 Å². The van der Waals surface area contributed by atoms with E-state index in [4.69, 9.17) is 0 Å².